The molecule has 1 aromatic heterocycles. The van der Waals surface area contributed by atoms with Crippen molar-refractivity contribution < 1.29 is 9.66 Å². The maximum atomic E-state index is 10.9. The third kappa shape index (κ3) is 2.99. The smallest absolute Gasteiger partial charge is 0.270 e. The molecule has 0 bridgehead atoms. The highest BCUT2D eigenvalue weighted by molar-refractivity contribution is 5.82. The molecule has 1 aliphatic heterocycles. The summed E-state index contributed by atoms with van der Waals surface area (Å²) in [4.78, 5) is 17.5. The van der Waals surface area contributed by atoms with Gasteiger partial charge in [0.05, 0.1) is 23.6 Å². The van der Waals surface area contributed by atoms with Gasteiger partial charge in [0, 0.05) is 24.1 Å². The van der Waals surface area contributed by atoms with Crippen LogP contribution in [0.4, 0.5) is 11.5 Å². The fraction of sp³-hybridized carbons (Fsp3) is 0.250. The van der Waals surface area contributed by atoms with Crippen molar-refractivity contribution in [3.63, 3.8) is 0 Å². The van der Waals surface area contributed by atoms with E-state index in [0.29, 0.717) is 13.2 Å². The number of ether oxygens (including phenoxy) is 1. The first kappa shape index (κ1) is 16.5. The Morgan fingerprint density at radius 2 is 1.96 bits per heavy atom. The van der Waals surface area contributed by atoms with Gasteiger partial charge in [0.25, 0.3) is 5.69 Å². The van der Waals surface area contributed by atoms with Gasteiger partial charge in [0.15, 0.2) is 0 Å². The van der Waals surface area contributed by atoms with Crippen molar-refractivity contribution in [2.24, 2.45) is 0 Å². The van der Waals surface area contributed by atoms with Gasteiger partial charge in [-0.25, -0.2) is 4.98 Å². The second kappa shape index (κ2) is 6.38. The Morgan fingerprint density at radius 3 is 2.73 bits per heavy atom. The number of benzene rings is 2. The van der Waals surface area contributed by atoms with E-state index in [2.05, 4.69) is 24.0 Å². The van der Waals surface area contributed by atoms with Gasteiger partial charge >= 0.3 is 0 Å². The lowest BCUT2D eigenvalue weighted by atomic mass is 9.94. The zero-order valence-corrected chi connectivity index (χ0v) is 14.5. The van der Waals surface area contributed by atoms with Crippen LogP contribution in [0.5, 0.6) is 0 Å². The van der Waals surface area contributed by atoms with E-state index >= 15 is 0 Å². The van der Waals surface area contributed by atoms with Crippen LogP contribution in [-0.4, -0.2) is 29.6 Å². The summed E-state index contributed by atoms with van der Waals surface area (Å²) in [6, 6.07) is 18.8. The molecule has 1 saturated heterocycles. The molecule has 0 N–H and O–H groups in total. The summed E-state index contributed by atoms with van der Waals surface area (Å²) < 4.78 is 6.09. The Labute approximate surface area is 151 Å². The van der Waals surface area contributed by atoms with Crippen LogP contribution in [0.25, 0.3) is 10.9 Å². The average Bonchev–Trinajstić information content (AvgIpc) is 2.68. The molecule has 26 heavy (non-hydrogen) atoms. The molecule has 2 aromatic carbocycles. The Balaban J connectivity index is 1.64. The number of hydrogen-bond donors (Lipinski definition) is 0. The monoisotopic (exact) mass is 349 g/mol. The van der Waals surface area contributed by atoms with E-state index in [0.717, 1.165) is 28.8 Å². The number of morpholine rings is 1. The second-order valence-corrected chi connectivity index (χ2v) is 6.67. The first-order valence-electron chi connectivity index (χ1n) is 8.55. The van der Waals surface area contributed by atoms with Crippen LogP contribution in [0, 0.1) is 10.1 Å². The van der Waals surface area contributed by atoms with Crippen LogP contribution >= 0.6 is 0 Å². The lowest BCUT2D eigenvalue weighted by Gasteiger charge is -2.41. The van der Waals surface area contributed by atoms with Gasteiger partial charge in [0.1, 0.15) is 11.4 Å². The van der Waals surface area contributed by atoms with Crippen molar-refractivity contribution in [3.05, 3.63) is 76.3 Å². The summed E-state index contributed by atoms with van der Waals surface area (Å²) in [5.74, 6) is 0.858. The molecule has 6 heteroatoms. The molecule has 0 amide bonds. The lowest BCUT2D eigenvalue weighted by molar-refractivity contribution is -0.384. The minimum atomic E-state index is -0.397. The van der Waals surface area contributed by atoms with Crippen molar-refractivity contribution in [1.82, 2.24) is 4.98 Å². The highest BCUT2D eigenvalue weighted by Gasteiger charge is 2.34. The van der Waals surface area contributed by atoms with E-state index in [1.54, 1.807) is 12.1 Å². The van der Waals surface area contributed by atoms with Crippen LogP contribution in [0.1, 0.15) is 12.5 Å². The number of fused-ring (bicyclic) bond motifs is 1. The molecule has 4 rings (SSSR count). The molecule has 0 aliphatic carbocycles. The molecule has 0 saturated carbocycles. The Bertz CT molecular complexity index is 961. The lowest BCUT2D eigenvalue weighted by Crippen LogP contribution is -2.48. The van der Waals surface area contributed by atoms with E-state index in [4.69, 9.17) is 9.72 Å². The fourth-order valence-electron chi connectivity index (χ4n) is 3.42. The minimum absolute atomic E-state index is 0.0788. The molecular weight excluding hydrogens is 330 g/mol. The third-order valence-electron chi connectivity index (χ3n) is 4.85. The highest BCUT2D eigenvalue weighted by atomic mass is 16.6. The van der Waals surface area contributed by atoms with Gasteiger partial charge in [-0.3, -0.25) is 10.1 Å². The number of non-ortho nitro benzene ring substituents is 1. The van der Waals surface area contributed by atoms with Crippen LogP contribution < -0.4 is 4.90 Å². The molecule has 2 heterocycles. The SMILES string of the molecule is CC1(c2ccccc2)CN(c2ccc3cc([N+](=O)[O-])ccc3n2)CCO1. The number of anilines is 1. The van der Waals surface area contributed by atoms with Gasteiger partial charge in [-0.15, -0.1) is 0 Å². The quantitative estimate of drug-likeness (QED) is 0.530. The molecule has 0 spiro atoms. The van der Waals surface area contributed by atoms with Gasteiger partial charge < -0.3 is 9.64 Å². The molecule has 1 aliphatic rings. The van der Waals surface area contributed by atoms with E-state index in [1.165, 1.54) is 6.07 Å². The molecule has 6 nitrogen and oxygen atoms in total. The second-order valence-electron chi connectivity index (χ2n) is 6.67. The Kier molecular flexibility index (Phi) is 4.05. The van der Waals surface area contributed by atoms with Crippen molar-refractivity contribution in [2.45, 2.75) is 12.5 Å². The summed E-state index contributed by atoms with van der Waals surface area (Å²) in [5, 5.41) is 11.7. The van der Waals surface area contributed by atoms with E-state index in [-0.39, 0.29) is 10.6 Å². The third-order valence-corrected chi connectivity index (χ3v) is 4.85. The molecule has 132 valence electrons. The number of pyridine rings is 1. The zero-order valence-electron chi connectivity index (χ0n) is 14.5. The van der Waals surface area contributed by atoms with Crippen molar-refractivity contribution >= 4 is 22.4 Å². The van der Waals surface area contributed by atoms with Crippen molar-refractivity contribution in [1.29, 1.82) is 0 Å². The average molecular weight is 349 g/mol. The normalized spacial score (nSPS) is 20.3. The molecule has 0 radical (unpaired) electrons. The summed E-state index contributed by atoms with van der Waals surface area (Å²) in [6.45, 7) is 4.17. The Hall–Kier alpha value is -2.99. The maximum absolute atomic E-state index is 10.9. The largest absolute Gasteiger partial charge is 0.367 e. The van der Waals surface area contributed by atoms with Crippen LogP contribution in [0.2, 0.25) is 0 Å². The summed E-state index contributed by atoms with van der Waals surface area (Å²) in [7, 11) is 0. The molecule has 1 fully saturated rings. The standard InChI is InChI=1S/C20H19N3O3/c1-20(16-5-3-2-4-6-16)14-22(11-12-26-20)19-10-7-15-13-17(23(24)25)8-9-18(15)21-19/h2-10,13H,11-12,14H2,1H3. The number of nitro benzene ring substituents is 1. The molecule has 3 aromatic rings. The zero-order chi connectivity index (χ0) is 18.1. The topological polar surface area (TPSA) is 68.5 Å². The molecule has 1 unspecified atom stereocenters. The first-order valence-corrected chi connectivity index (χ1v) is 8.55. The Morgan fingerprint density at radius 1 is 1.15 bits per heavy atom. The van der Waals surface area contributed by atoms with Crippen molar-refractivity contribution in [3.8, 4) is 0 Å². The van der Waals surface area contributed by atoms with Crippen LogP contribution in [0.15, 0.2) is 60.7 Å². The fourth-order valence-corrected chi connectivity index (χ4v) is 3.42. The van der Waals surface area contributed by atoms with Gasteiger partial charge in [-0.2, -0.15) is 0 Å². The van der Waals surface area contributed by atoms with E-state index in [9.17, 15) is 10.1 Å². The number of nitro groups is 1. The van der Waals surface area contributed by atoms with Gasteiger partial charge in [0.2, 0.25) is 0 Å². The predicted molar refractivity (Wildman–Crippen MR) is 100 cm³/mol. The predicted octanol–water partition coefficient (Wildman–Crippen LogP) is 3.90. The molecule has 1 atom stereocenters. The summed E-state index contributed by atoms with van der Waals surface area (Å²) in [5.41, 5.74) is 1.57. The number of nitrogens with zero attached hydrogens (tertiary/aromatic N) is 3. The maximum Gasteiger partial charge on any atom is 0.270 e. The minimum Gasteiger partial charge on any atom is -0.367 e. The van der Waals surface area contributed by atoms with E-state index in [1.807, 2.05) is 30.3 Å². The van der Waals surface area contributed by atoms with E-state index < -0.39 is 5.60 Å². The number of aromatic nitrogens is 1. The van der Waals surface area contributed by atoms with Crippen LogP contribution in [-0.2, 0) is 10.3 Å². The van der Waals surface area contributed by atoms with Gasteiger partial charge in [-0.1, -0.05) is 30.3 Å². The van der Waals surface area contributed by atoms with Crippen molar-refractivity contribution in [2.75, 3.05) is 24.6 Å². The summed E-state index contributed by atoms with van der Waals surface area (Å²) in [6.07, 6.45) is 0. The highest BCUT2D eigenvalue weighted by Crippen LogP contribution is 2.32. The summed E-state index contributed by atoms with van der Waals surface area (Å²) >= 11 is 0. The van der Waals surface area contributed by atoms with Crippen LogP contribution in [0.3, 0.4) is 0 Å². The molecular formula is C20H19N3O3. The number of hydrogen-bond acceptors (Lipinski definition) is 5. The first-order chi connectivity index (χ1) is 12.5. The van der Waals surface area contributed by atoms with Gasteiger partial charge in [-0.05, 0) is 30.7 Å². The number of rotatable bonds is 3.